The second kappa shape index (κ2) is 14.9. The van der Waals surface area contributed by atoms with Crippen molar-refractivity contribution in [3.8, 4) is 28.9 Å². The number of anilines is 1. The summed E-state index contributed by atoms with van der Waals surface area (Å²) in [5.74, 6) is -1.11. The lowest BCUT2D eigenvalue weighted by atomic mass is 9.60. The number of methoxy groups -OCH3 is 1. The van der Waals surface area contributed by atoms with Crippen LogP contribution in [0.25, 0.3) is 32.9 Å². The number of halogens is 2. The standard InChI is InChI=1S/C41H49F2N5O5.C2H6/c1-39(50)10-5-15-47(23-39)36-32-35(33(43)34(44-37(32)51-2)28-20-27(49)19-25-7-3-8-29(42)31(25)28)45-38(46-36)53-24-41-11-4-9-30(41)48(16-6-12-41)26-21-40(22-26)13-17-52-18-14-40;1-2/h3,7-8,19-20,26,30,49-50H,4-6,9-18,21-24H2,1-2H3;1-2H3. The van der Waals surface area contributed by atoms with Crippen LogP contribution in [-0.4, -0.2) is 94.3 Å². The molecule has 9 rings (SSSR count). The highest BCUT2D eigenvalue weighted by molar-refractivity contribution is 6.02. The molecule has 0 radical (unpaired) electrons. The number of β-amino-alcohol motifs (C(OH)–C–C–N with tert-alkyl or cyclic N) is 1. The number of aromatic nitrogens is 3. The minimum absolute atomic E-state index is 0.0460. The lowest BCUT2D eigenvalue weighted by Gasteiger charge is -2.58. The van der Waals surface area contributed by atoms with E-state index in [0.717, 1.165) is 51.9 Å². The van der Waals surface area contributed by atoms with E-state index < -0.39 is 17.2 Å². The lowest BCUT2D eigenvalue weighted by Crippen LogP contribution is -2.61. The Kier molecular flexibility index (Phi) is 10.3. The van der Waals surface area contributed by atoms with Gasteiger partial charge in [-0.1, -0.05) is 32.4 Å². The molecular formula is C43H55F2N5O5. The van der Waals surface area contributed by atoms with Gasteiger partial charge in [0.2, 0.25) is 5.88 Å². The number of rotatable bonds is 7. The van der Waals surface area contributed by atoms with Crippen molar-refractivity contribution in [3.63, 3.8) is 0 Å². The Bertz CT molecular complexity index is 2050. The molecule has 5 heterocycles. The molecule has 55 heavy (non-hydrogen) atoms. The number of fused-ring (bicyclic) bond motifs is 3. The molecule has 2 N–H and O–H groups in total. The smallest absolute Gasteiger partial charge is 0.319 e. The summed E-state index contributed by atoms with van der Waals surface area (Å²) in [6.07, 6.45) is 11.6. The lowest BCUT2D eigenvalue weighted by molar-refractivity contribution is -0.112. The van der Waals surface area contributed by atoms with E-state index in [0.29, 0.717) is 54.7 Å². The third-order valence-corrected chi connectivity index (χ3v) is 13.2. The quantitative estimate of drug-likeness (QED) is 0.191. The van der Waals surface area contributed by atoms with Crippen LogP contribution in [0.1, 0.15) is 91.4 Å². The summed E-state index contributed by atoms with van der Waals surface area (Å²) in [4.78, 5) is 18.9. The molecule has 5 fully saturated rings. The molecule has 2 aromatic carbocycles. The van der Waals surface area contributed by atoms with Crippen LogP contribution < -0.4 is 14.4 Å². The first kappa shape index (κ1) is 38.0. The molecule has 3 unspecified atom stereocenters. The molecule has 5 aliphatic rings. The van der Waals surface area contributed by atoms with Crippen LogP contribution in [-0.2, 0) is 4.74 Å². The van der Waals surface area contributed by atoms with Gasteiger partial charge in [-0.3, -0.25) is 4.90 Å². The molecule has 3 atom stereocenters. The van der Waals surface area contributed by atoms with Gasteiger partial charge in [0.15, 0.2) is 5.82 Å². The molecule has 2 aromatic heterocycles. The van der Waals surface area contributed by atoms with Crippen molar-refractivity contribution in [2.24, 2.45) is 10.8 Å². The zero-order chi connectivity index (χ0) is 38.5. The highest BCUT2D eigenvalue weighted by Gasteiger charge is 2.55. The number of pyridine rings is 1. The first-order valence-electron chi connectivity index (χ1n) is 20.4. The zero-order valence-corrected chi connectivity index (χ0v) is 32.7. The maximum atomic E-state index is 17.1. The number of aromatic hydroxyl groups is 1. The highest BCUT2D eigenvalue weighted by Crippen LogP contribution is 2.56. The van der Waals surface area contributed by atoms with Crippen molar-refractivity contribution in [2.75, 3.05) is 51.5 Å². The maximum absolute atomic E-state index is 17.1. The van der Waals surface area contributed by atoms with Crippen LogP contribution >= 0.6 is 0 Å². The Morgan fingerprint density at radius 2 is 1.71 bits per heavy atom. The highest BCUT2D eigenvalue weighted by atomic mass is 19.1. The molecule has 10 nitrogen and oxygen atoms in total. The van der Waals surface area contributed by atoms with Crippen molar-refractivity contribution in [3.05, 3.63) is 42.0 Å². The van der Waals surface area contributed by atoms with Gasteiger partial charge in [0.05, 0.1) is 19.3 Å². The van der Waals surface area contributed by atoms with Crippen molar-refractivity contribution in [1.29, 1.82) is 0 Å². The number of phenolic OH excluding ortho intramolecular Hbond substituents is 1. The second-order valence-electron chi connectivity index (χ2n) is 16.8. The van der Waals surface area contributed by atoms with Crippen molar-refractivity contribution >= 4 is 27.5 Å². The van der Waals surface area contributed by atoms with Crippen molar-refractivity contribution in [2.45, 2.75) is 109 Å². The van der Waals surface area contributed by atoms with Gasteiger partial charge in [-0.05, 0) is 107 Å². The van der Waals surface area contributed by atoms with Gasteiger partial charge in [-0.15, -0.1) is 0 Å². The molecule has 2 saturated carbocycles. The van der Waals surface area contributed by atoms with Crippen LogP contribution in [0.4, 0.5) is 14.6 Å². The summed E-state index contributed by atoms with van der Waals surface area (Å²) in [6.45, 7) is 9.91. The molecule has 1 spiro atoms. The number of phenols is 1. The van der Waals surface area contributed by atoms with Crippen molar-refractivity contribution in [1.82, 2.24) is 19.9 Å². The van der Waals surface area contributed by atoms with E-state index in [4.69, 9.17) is 24.2 Å². The van der Waals surface area contributed by atoms with Crippen LogP contribution in [0.15, 0.2) is 30.3 Å². The van der Waals surface area contributed by atoms with Gasteiger partial charge in [-0.2, -0.15) is 9.97 Å². The van der Waals surface area contributed by atoms with Gasteiger partial charge in [0.25, 0.3) is 0 Å². The second-order valence-corrected chi connectivity index (χ2v) is 16.8. The fraction of sp³-hybridized carbons (Fsp3) is 0.605. The normalized spacial score (nSPS) is 26.7. The number of nitrogens with zero attached hydrogens (tertiary/aromatic N) is 5. The van der Waals surface area contributed by atoms with Gasteiger partial charge in [0, 0.05) is 54.8 Å². The molecule has 0 amide bonds. The van der Waals surface area contributed by atoms with Gasteiger partial charge >= 0.3 is 6.01 Å². The minimum atomic E-state index is -0.986. The average Bonchev–Trinajstić information content (AvgIpc) is 3.61. The summed E-state index contributed by atoms with van der Waals surface area (Å²) in [7, 11) is 1.44. The van der Waals surface area contributed by atoms with E-state index in [-0.39, 0.29) is 57.1 Å². The van der Waals surface area contributed by atoms with E-state index in [9.17, 15) is 10.2 Å². The van der Waals surface area contributed by atoms with E-state index in [2.05, 4.69) is 9.88 Å². The third kappa shape index (κ3) is 6.86. The summed E-state index contributed by atoms with van der Waals surface area (Å²) in [6, 6.07) is 8.29. The molecular weight excluding hydrogens is 704 g/mol. The summed E-state index contributed by atoms with van der Waals surface area (Å²) >= 11 is 0. The summed E-state index contributed by atoms with van der Waals surface area (Å²) in [5, 5.41) is 22.5. The number of ether oxygens (including phenoxy) is 3. The average molecular weight is 760 g/mol. The number of hydrogen-bond acceptors (Lipinski definition) is 10. The molecule has 12 heteroatoms. The predicted octanol–water partition coefficient (Wildman–Crippen LogP) is 8.19. The Balaban J connectivity index is 0.00000210. The number of aliphatic hydroxyl groups is 1. The first-order chi connectivity index (χ1) is 26.6. The van der Waals surface area contributed by atoms with E-state index in [1.54, 1.807) is 13.0 Å². The van der Waals surface area contributed by atoms with Gasteiger partial charge in [0.1, 0.15) is 34.0 Å². The Morgan fingerprint density at radius 3 is 2.47 bits per heavy atom. The minimum Gasteiger partial charge on any atom is -0.508 e. The molecule has 3 aliphatic heterocycles. The van der Waals surface area contributed by atoms with Crippen molar-refractivity contribution < 1.29 is 33.2 Å². The monoisotopic (exact) mass is 759 g/mol. The van der Waals surface area contributed by atoms with Crippen LogP contribution in [0.3, 0.4) is 0 Å². The number of benzene rings is 2. The molecule has 296 valence electrons. The number of piperidine rings is 2. The van der Waals surface area contributed by atoms with E-state index in [1.807, 2.05) is 18.7 Å². The Hall–Kier alpha value is -3.87. The van der Waals surface area contributed by atoms with Gasteiger partial charge < -0.3 is 29.3 Å². The molecule has 3 saturated heterocycles. The van der Waals surface area contributed by atoms with Crippen LogP contribution in [0.2, 0.25) is 0 Å². The fourth-order valence-electron chi connectivity index (χ4n) is 10.6. The maximum Gasteiger partial charge on any atom is 0.319 e. The number of hydrogen-bond donors (Lipinski definition) is 2. The molecule has 4 aromatic rings. The molecule has 2 aliphatic carbocycles. The van der Waals surface area contributed by atoms with Crippen LogP contribution in [0.5, 0.6) is 17.6 Å². The summed E-state index contributed by atoms with van der Waals surface area (Å²) < 4.78 is 50.6. The first-order valence-corrected chi connectivity index (χ1v) is 20.4. The Morgan fingerprint density at radius 1 is 0.945 bits per heavy atom. The van der Waals surface area contributed by atoms with Gasteiger partial charge in [-0.25, -0.2) is 13.8 Å². The predicted molar refractivity (Wildman–Crippen MR) is 209 cm³/mol. The third-order valence-electron chi connectivity index (χ3n) is 13.2. The Labute approximate surface area is 322 Å². The topological polar surface area (TPSA) is 113 Å². The van der Waals surface area contributed by atoms with E-state index >= 15 is 8.78 Å². The number of likely N-dealkylation sites (tertiary alicyclic amines) is 1. The van der Waals surface area contributed by atoms with Crippen LogP contribution in [0, 0.1) is 22.5 Å². The zero-order valence-electron chi connectivity index (χ0n) is 32.7. The SMILES string of the molecule is CC.COc1nc(-c2cc(O)cc3cccc(F)c23)c(F)c2nc(OCC34CCCC3N(C3CC5(CCOCC5)C3)CCC4)nc(N3CCCC(C)(O)C3)c12. The largest absolute Gasteiger partial charge is 0.508 e. The summed E-state index contributed by atoms with van der Waals surface area (Å²) in [5.41, 5.74) is -0.801. The fourth-order valence-corrected chi connectivity index (χ4v) is 10.6. The van der Waals surface area contributed by atoms with E-state index in [1.165, 1.54) is 57.1 Å². The molecule has 0 bridgehead atoms.